The van der Waals surface area contributed by atoms with Gasteiger partial charge in [0.1, 0.15) is 0 Å². The van der Waals surface area contributed by atoms with Gasteiger partial charge in [-0.3, -0.25) is 4.79 Å². The van der Waals surface area contributed by atoms with Crippen molar-refractivity contribution in [1.29, 1.82) is 0 Å². The Kier molecular flexibility index (Phi) is 5.58. The van der Waals surface area contributed by atoms with E-state index in [4.69, 9.17) is 0 Å². The fourth-order valence-electron chi connectivity index (χ4n) is 5.38. The van der Waals surface area contributed by atoms with Crippen LogP contribution in [0.2, 0.25) is 0 Å². The lowest BCUT2D eigenvalue weighted by Gasteiger charge is -2.44. The zero-order valence-corrected chi connectivity index (χ0v) is 17.6. The van der Waals surface area contributed by atoms with Crippen LogP contribution in [0.1, 0.15) is 48.0 Å². The van der Waals surface area contributed by atoms with Gasteiger partial charge in [-0.05, 0) is 73.8 Å². The molecule has 1 N–H and O–H groups in total. The maximum atomic E-state index is 12.9. The van der Waals surface area contributed by atoms with E-state index >= 15 is 0 Å². The maximum Gasteiger partial charge on any atom is 0.251 e. The van der Waals surface area contributed by atoms with Gasteiger partial charge in [-0.15, -0.1) is 0 Å². The molecule has 1 aromatic heterocycles. The van der Waals surface area contributed by atoms with Crippen LogP contribution in [0, 0.1) is 5.92 Å². The van der Waals surface area contributed by atoms with Gasteiger partial charge in [-0.1, -0.05) is 42.8 Å². The van der Waals surface area contributed by atoms with Crippen LogP contribution in [0.4, 0.5) is 0 Å². The molecule has 4 heteroatoms. The Hall–Kier alpha value is -2.59. The lowest BCUT2D eigenvalue weighted by Crippen LogP contribution is -2.51. The normalized spacial score (nSPS) is 22.0. The number of benzene rings is 2. The Bertz CT molecular complexity index is 1010. The molecule has 1 amide bonds. The Balaban J connectivity index is 1.28. The molecule has 0 bridgehead atoms. The van der Waals surface area contributed by atoms with Crippen molar-refractivity contribution in [2.75, 3.05) is 19.6 Å². The summed E-state index contributed by atoms with van der Waals surface area (Å²) in [4.78, 5) is 15.6. The molecule has 0 unspecified atom stereocenters. The van der Waals surface area contributed by atoms with Crippen LogP contribution in [0.5, 0.6) is 0 Å². The predicted octanol–water partition coefficient (Wildman–Crippen LogP) is 4.68. The molecule has 2 atom stereocenters. The van der Waals surface area contributed by atoms with E-state index in [1.54, 1.807) is 0 Å². The largest absolute Gasteiger partial charge is 0.352 e. The van der Waals surface area contributed by atoms with Crippen molar-refractivity contribution in [3.05, 3.63) is 71.9 Å². The van der Waals surface area contributed by atoms with Crippen LogP contribution in [0.25, 0.3) is 10.9 Å². The third kappa shape index (κ3) is 4.01. The minimum Gasteiger partial charge on any atom is -0.352 e. The van der Waals surface area contributed by atoms with Crippen molar-refractivity contribution in [2.24, 2.45) is 5.92 Å². The first kappa shape index (κ1) is 19.4. The highest BCUT2D eigenvalue weighted by atomic mass is 16.1. The first-order chi connectivity index (χ1) is 14.8. The molecule has 156 valence electrons. The summed E-state index contributed by atoms with van der Waals surface area (Å²) in [6.07, 6.45) is 8.56. The highest BCUT2D eigenvalue weighted by Crippen LogP contribution is 2.30. The zero-order valence-electron chi connectivity index (χ0n) is 17.6. The SMILES string of the molecule is O=C(NC[C@@H]1CCCN2CCCC[C@H]12)c1ccc2ccn(Cc3ccccc3)c2c1. The molecule has 0 spiro atoms. The second-order valence-corrected chi connectivity index (χ2v) is 8.91. The Morgan fingerprint density at radius 3 is 2.73 bits per heavy atom. The second kappa shape index (κ2) is 8.65. The molecule has 30 heavy (non-hydrogen) atoms. The highest BCUT2D eigenvalue weighted by Gasteiger charge is 2.32. The third-order valence-corrected chi connectivity index (χ3v) is 6.99. The lowest BCUT2D eigenvalue weighted by atomic mass is 9.83. The highest BCUT2D eigenvalue weighted by molar-refractivity contribution is 5.98. The minimum absolute atomic E-state index is 0.0531. The smallest absolute Gasteiger partial charge is 0.251 e. The topological polar surface area (TPSA) is 37.3 Å². The van der Waals surface area contributed by atoms with Crippen LogP contribution in [-0.4, -0.2) is 41.1 Å². The van der Waals surface area contributed by atoms with Gasteiger partial charge < -0.3 is 14.8 Å². The molecule has 2 aromatic carbocycles. The molecule has 2 saturated heterocycles. The van der Waals surface area contributed by atoms with E-state index in [1.807, 2.05) is 18.2 Å². The zero-order chi connectivity index (χ0) is 20.3. The van der Waals surface area contributed by atoms with Crippen molar-refractivity contribution in [1.82, 2.24) is 14.8 Å². The number of piperidine rings is 2. The van der Waals surface area contributed by atoms with Gasteiger partial charge in [-0.25, -0.2) is 0 Å². The van der Waals surface area contributed by atoms with Gasteiger partial charge in [0.2, 0.25) is 0 Å². The van der Waals surface area contributed by atoms with E-state index in [9.17, 15) is 4.79 Å². The van der Waals surface area contributed by atoms with Crippen molar-refractivity contribution < 1.29 is 4.79 Å². The fraction of sp³-hybridized carbons (Fsp3) is 0.423. The van der Waals surface area contributed by atoms with Crippen LogP contribution in [0.3, 0.4) is 0 Å². The number of nitrogens with zero attached hydrogens (tertiary/aromatic N) is 2. The number of hydrogen-bond donors (Lipinski definition) is 1. The first-order valence-electron chi connectivity index (χ1n) is 11.4. The Labute approximate surface area is 178 Å². The lowest BCUT2D eigenvalue weighted by molar-refractivity contribution is 0.0575. The predicted molar refractivity (Wildman–Crippen MR) is 122 cm³/mol. The minimum atomic E-state index is 0.0531. The molecule has 4 nitrogen and oxygen atoms in total. The molecule has 3 heterocycles. The summed E-state index contributed by atoms with van der Waals surface area (Å²) < 4.78 is 2.22. The number of rotatable bonds is 5. The average Bonchev–Trinajstić information content (AvgIpc) is 3.20. The molecule has 0 radical (unpaired) electrons. The maximum absolute atomic E-state index is 12.9. The van der Waals surface area contributed by atoms with Gasteiger partial charge in [0.25, 0.3) is 5.91 Å². The first-order valence-corrected chi connectivity index (χ1v) is 11.4. The summed E-state index contributed by atoms with van der Waals surface area (Å²) in [6, 6.07) is 19.3. The number of hydrogen-bond acceptors (Lipinski definition) is 2. The van der Waals surface area contributed by atoms with Crippen LogP contribution >= 0.6 is 0 Å². The number of fused-ring (bicyclic) bond motifs is 2. The molecule has 2 aliphatic rings. The Morgan fingerprint density at radius 2 is 1.83 bits per heavy atom. The summed E-state index contributed by atoms with van der Waals surface area (Å²) in [5.74, 6) is 0.644. The number of carbonyl (C=O) groups is 1. The van der Waals surface area contributed by atoms with E-state index in [-0.39, 0.29) is 5.91 Å². The average molecular weight is 402 g/mol. The molecule has 2 fully saturated rings. The van der Waals surface area contributed by atoms with Crippen LogP contribution in [0.15, 0.2) is 60.8 Å². The van der Waals surface area contributed by atoms with Crippen molar-refractivity contribution >= 4 is 16.8 Å². The molecular weight excluding hydrogens is 370 g/mol. The number of carbonyl (C=O) groups excluding carboxylic acids is 1. The van der Waals surface area contributed by atoms with E-state index in [1.165, 1.54) is 56.1 Å². The second-order valence-electron chi connectivity index (χ2n) is 8.91. The van der Waals surface area contributed by atoms with Crippen molar-refractivity contribution in [3.8, 4) is 0 Å². The van der Waals surface area contributed by atoms with Gasteiger partial charge >= 0.3 is 0 Å². The fourth-order valence-corrected chi connectivity index (χ4v) is 5.38. The van der Waals surface area contributed by atoms with Crippen molar-refractivity contribution in [3.63, 3.8) is 0 Å². The van der Waals surface area contributed by atoms with E-state index in [0.29, 0.717) is 12.0 Å². The quantitative estimate of drug-likeness (QED) is 0.674. The number of nitrogens with one attached hydrogen (secondary N) is 1. The van der Waals surface area contributed by atoms with Gasteiger partial charge in [-0.2, -0.15) is 0 Å². The molecule has 5 rings (SSSR count). The summed E-state index contributed by atoms with van der Waals surface area (Å²) in [7, 11) is 0. The standard InChI is InChI=1S/C26H31N3O/c30-26(27-18-23-9-6-15-28-14-5-4-10-24(23)28)22-12-11-21-13-16-29(25(21)17-22)19-20-7-2-1-3-8-20/h1-3,7-8,11-13,16-17,23-24H,4-6,9-10,14-15,18-19H2,(H,27,30)/t23-,24+/m0/s1. The summed E-state index contributed by atoms with van der Waals surface area (Å²) in [6.45, 7) is 4.09. The molecule has 3 aromatic rings. The Morgan fingerprint density at radius 1 is 0.967 bits per heavy atom. The monoisotopic (exact) mass is 401 g/mol. The summed E-state index contributed by atoms with van der Waals surface area (Å²) in [5, 5.41) is 4.43. The third-order valence-electron chi connectivity index (χ3n) is 6.99. The van der Waals surface area contributed by atoms with Crippen LogP contribution < -0.4 is 5.32 Å². The van der Waals surface area contributed by atoms with E-state index < -0.39 is 0 Å². The van der Waals surface area contributed by atoms with E-state index in [2.05, 4.69) is 57.4 Å². The van der Waals surface area contributed by atoms with Gasteiger partial charge in [0.15, 0.2) is 0 Å². The summed E-state index contributed by atoms with van der Waals surface area (Å²) in [5.41, 5.74) is 3.13. The number of amides is 1. The molecule has 0 aliphatic carbocycles. The van der Waals surface area contributed by atoms with Crippen molar-refractivity contribution in [2.45, 2.75) is 44.7 Å². The van der Waals surface area contributed by atoms with Crippen LogP contribution in [-0.2, 0) is 6.54 Å². The van der Waals surface area contributed by atoms with Gasteiger partial charge in [0.05, 0.1) is 0 Å². The van der Waals surface area contributed by atoms with E-state index in [0.717, 1.165) is 24.2 Å². The van der Waals surface area contributed by atoms with Gasteiger partial charge in [0, 0.05) is 36.4 Å². The molecular formula is C26H31N3O. The number of aromatic nitrogens is 1. The summed E-state index contributed by atoms with van der Waals surface area (Å²) >= 11 is 0. The molecule has 2 aliphatic heterocycles. The molecule has 0 saturated carbocycles.